The van der Waals surface area contributed by atoms with Gasteiger partial charge in [0.2, 0.25) is 0 Å². The van der Waals surface area contributed by atoms with E-state index in [1.54, 1.807) is 29.3 Å². The first-order valence-corrected chi connectivity index (χ1v) is 6.11. The molecular formula is C14H12FN5. The van der Waals surface area contributed by atoms with Crippen molar-refractivity contribution in [1.29, 1.82) is 0 Å². The first-order chi connectivity index (χ1) is 9.83. The molecule has 2 heterocycles. The number of hydrogen-bond donors (Lipinski definition) is 1. The largest absolute Gasteiger partial charge is 0.380 e. The molecule has 0 saturated carbocycles. The van der Waals surface area contributed by atoms with Gasteiger partial charge in [-0.15, -0.1) is 0 Å². The molecule has 3 rings (SSSR count). The van der Waals surface area contributed by atoms with Gasteiger partial charge in [-0.25, -0.2) is 19.0 Å². The molecular weight excluding hydrogens is 257 g/mol. The highest BCUT2D eigenvalue weighted by atomic mass is 19.1. The van der Waals surface area contributed by atoms with Crippen LogP contribution in [-0.4, -0.2) is 19.7 Å². The van der Waals surface area contributed by atoms with Crippen molar-refractivity contribution in [3.8, 4) is 5.82 Å². The Bertz CT molecular complexity index is 679. The minimum Gasteiger partial charge on any atom is -0.380 e. The summed E-state index contributed by atoms with van der Waals surface area (Å²) in [5.74, 6) is 0.464. The number of halogens is 1. The van der Waals surface area contributed by atoms with E-state index in [2.05, 4.69) is 20.4 Å². The van der Waals surface area contributed by atoms with Crippen LogP contribution < -0.4 is 5.32 Å². The van der Waals surface area contributed by atoms with Crippen LogP contribution >= 0.6 is 0 Å². The van der Waals surface area contributed by atoms with Crippen molar-refractivity contribution < 1.29 is 4.39 Å². The third-order valence-electron chi connectivity index (χ3n) is 2.84. The summed E-state index contributed by atoms with van der Waals surface area (Å²) in [4.78, 5) is 8.12. The third-order valence-corrected chi connectivity index (χ3v) is 2.84. The highest BCUT2D eigenvalue weighted by Gasteiger charge is 2.02. The summed E-state index contributed by atoms with van der Waals surface area (Å²) in [6.45, 7) is 0.414. The van der Waals surface area contributed by atoms with E-state index >= 15 is 0 Å². The Kier molecular flexibility index (Phi) is 3.36. The van der Waals surface area contributed by atoms with Crippen LogP contribution in [0.2, 0.25) is 0 Å². The van der Waals surface area contributed by atoms with Crippen molar-refractivity contribution >= 4 is 5.69 Å². The predicted octanol–water partition coefficient (Wildman–Crippen LogP) is 2.41. The van der Waals surface area contributed by atoms with Crippen molar-refractivity contribution in [3.05, 3.63) is 66.6 Å². The summed E-state index contributed by atoms with van der Waals surface area (Å²) in [7, 11) is 0. The lowest BCUT2D eigenvalue weighted by Crippen LogP contribution is -2.03. The third kappa shape index (κ3) is 2.64. The number of nitrogens with one attached hydrogen (secondary N) is 1. The Morgan fingerprint density at radius 1 is 1.15 bits per heavy atom. The summed E-state index contributed by atoms with van der Waals surface area (Å²) in [6.07, 6.45) is 4.71. The molecule has 5 nitrogen and oxygen atoms in total. The lowest BCUT2D eigenvalue weighted by molar-refractivity contribution is 0.613. The van der Waals surface area contributed by atoms with Crippen molar-refractivity contribution in [3.63, 3.8) is 0 Å². The predicted molar refractivity (Wildman–Crippen MR) is 72.9 cm³/mol. The van der Waals surface area contributed by atoms with Crippen LogP contribution in [0.5, 0.6) is 0 Å². The SMILES string of the molecule is Fc1ccccc1CNc1ccc(-n2cncn2)nc1. The number of benzene rings is 1. The fraction of sp³-hybridized carbons (Fsp3) is 0.0714. The molecule has 0 aliphatic rings. The van der Waals surface area contributed by atoms with Crippen LogP contribution in [0, 0.1) is 5.82 Å². The standard InChI is InChI=1S/C14H12FN5/c15-13-4-2-1-3-11(13)7-17-12-5-6-14(18-8-12)20-10-16-9-19-20/h1-6,8-10,17H,7H2. The Labute approximate surface area is 115 Å². The lowest BCUT2D eigenvalue weighted by Gasteiger charge is -2.07. The molecule has 1 N–H and O–H groups in total. The van der Waals surface area contributed by atoms with Gasteiger partial charge in [0.1, 0.15) is 18.5 Å². The lowest BCUT2D eigenvalue weighted by atomic mass is 10.2. The van der Waals surface area contributed by atoms with Gasteiger partial charge >= 0.3 is 0 Å². The van der Waals surface area contributed by atoms with Gasteiger partial charge < -0.3 is 5.32 Å². The Morgan fingerprint density at radius 2 is 2.05 bits per heavy atom. The molecule has 0 amide bonds. The highest BCUT2D eigenvalue weighted by molar-refractivity contribution is 5.44. The van der Waals surface area contributed by atoms with Gasteiger partial charge in [0, 0.05) is 12.1 Å². The second-order valence-electron chi connectivity index (χ2n) is 4.19. The molecule has 0 bridgehead atoms. The molecule has 0 saturated heterocycles. The summed E-state index contributed by atoms with van der Waals surface area (Å²) in [5.41, 5.74) is 1.44. The van der Waals surface area contributed by atoms with E-state index < -0.39 is 0 Å². The monoisotopic (exact) mass is 269 g/mol. The van der Waals surface area contributed by atoms with Crippen LogP contribution in [0.4, 0.5) is 10.1 Å². The van der Waals surface area contributed by atoms with E-state index in [-0.39, 0.29) is 5.82 Å². The first-order valence-electron chi connectivity index (χ1n) is 6.11. The summed E-state index contributed by atoms with van der Waals surface area (Å²) in [6, 6.07) is 10.4. The van der Waals surface area contributed by atoms with Gasteiger partial charge in [-0.2, -0.15) is 5.10 Å². The van der Waals surface area contributed by atoms with E-state index in [4.69, 9.17) is 0 Å². The number of aromatic nitrogens is 4. The Morgan fingerprint density at radius 3 is 2.75 bits per heavy atom. The molecule has 0 fully saturated rings. The second kappa shape index (κ2) is 5.48. The van der Waals surface area contributed by atoms with E-state index in [1.165, 1.54) is 12.4 Å². The molecule has 20 heavy (non-hydrogen) atoms. The van der Waals surface area contributed by atoms with Gasteiger partial charge in [0.25, 0.3) is 0 Å². The molecule has 6 heteroatoms. The zero-order valence-corrected chi connectivity index (χ0v) is 10.6. The Hall–Kier alpha value is -2.76. The summed E-state index contributed by atoms with van der Waals surface area (Å²) < 4.78 is 15.0. The molecule has 0 radical (unpaired) electrons. The first kappa shape index (κ1) is 12.3. The van der Waals surface area contributed by atoms with Crippen LogP contribution in [0.3, 0.4) is 0 Å². The normalized spacial score (nSPS) is 10.4. The second-order valence-corrected chi connectivity index (χ2v) is 4.19. The van der Waals surface area contributed by atoms with E-state index in [9.17, 15) is 4.39 Å². The smallest absolute Gasteiger partial charge is 0.155 e. The maximum atomic E-state index is 13.5. The van der Waals surface area contributed by atoms with Crippen LogP contribution in [0.15, 0.2) is 55.2 Å². The number of nitrogens with zero attached hydrogens (tertiary/aromatic N) is 4. The van der Waals surface area contributed by atoms with E-state index in [0.717, 1.165) is 5.69 Å². The van der Waals surface area contributed by atoms with Crippen molar-refractivity contribution in [2.75, 3.05) is 5.32 Å². The summed E-state index contributed by atoms with van der Waals surface area (Å²) in [5, 5.41) is 7.12. The molecule has 1 aromatic carbocycles. The number of anilines is 1. The molecule has 0 aliphatic heterocycles. The molecule has 0 aliphatic carbocycles. The number of pyridine rings is 1. The van der Waals surface area contributed by atoms with Crippen molar-refractivity contribution in [1.82, 2.24) is 19.7 Å². The zero-order chi connectivity index (χ0) is 13.8. The summed E-state index contributed by atoms with van der Waals surface area (Å²) >= 11 is 0. The maximum Gasteiger partial charge on any atom is 0.155 e. The molecule has 3 aromatic rings. The average molecular weight is 269 g/mol. The Balaban J connectivity index is 1.68. The van der Waals surface area contributed by atoms with Crippen molar-refractivity contribution in [2.45, 2.75) is 6.54 Å². The maximum absolute atomic E-state index is 13.5. The molecule has 0 spiro atoms. The van der Waals surface area contributed by atoms with E-state index in [0.29, 0.717) is 17.9 Å². The zero-order valence-electron chi connectivity index (χ0n) is 10.6. The van der Waals surface area contributed by atoms with Gasteiger partial charge in [-0.3, -0.25) is 0 Å². The molecule has 2 aromatic heterocycles. The fourth-order valence-corrected chi connectivity index (χ4v) is 1.79. The van der Waals surface area contributed by atoms with Gasteiger partial charge in [-0.1, -0.05) is 18.2 Å². The minimum atomic E-state index is -0.216. The van der Waals surface area contributed by atoms with Gasteiger partial charge in [0.15, 0.2) is 5.82 Å². The quantitative estimate of drug-likeness (QED) is 0.790. The van der Waals surface area contributed by atoms with Crippen LogP contribution in [-0.2, 0) is 6.54 Å². The molecule has 0 unspecified atom stereocenters. The molecule has 0 atom stereocenters. The van der Waals surface area contributed by atoms with E-state index in [1.807, 2.05) is 18.2 Å². The fourth-order valence-electron chi connectivity index (χ4n) is 1.79. The minimum absolute atomic E-state index is 0.216. The van der Waals surface area contributed by atoms with Crippen LogP contribution in [0.1, 0.15) is 5.56 Å². The molecule has 100 valence electrons. The number of hydrogen-bond acceptors (Lipinski definition) is 4. The van der Waals surface area contributed by atoms with Crippen LogP contribution in [0.25, 0.3) is 5.82 Å². The highest BCUT2D eigenvalue weighted by Crippen LogP contribution is 2.12. The van der Waals surface area contributed by atoms with Gasteiger partial charge in [0.05, 0.1) is 11.9 Å². The van der Waals surface area contributed by atoms with Gasteiger partial charge in [-0.05, 0) is 18.2 Å². The average Bonchev–Trinajstić information content (AvgIpc) is 3.01. The number of rotatable bonds is 4. The van der Waals surface area contributed by atoms with Crippen molar-refractivity contribution in [2.24, 2.45) is 0 Å². The topological polar surface area (TPSA) is 55.6 Å².